The molecule has 1 aliphatic carbocycles. The quantitative estimate of drug-likeness (QED) is 0.449. The predicted molar refractivity (Wildman–Crippen MR) is 107 cm³/mol. The summed E-state index contributed by atoms with van der Waals surface area (Å²) in [6.07, 6.45) is -1.88. The maximum atomic E-state index is 13.2. The molecule has 0 bridgehead atoms. The fourth-order valence-corrected chi connectivity index (χ4v) is 4.03. The minimum atomic E-state index is -0.820. The van der Waals surface area contributed by atoms with E-state index in [1.165, 1.54) is 25.3 Å². The molecule has 2 aliphatic rings. The molecular formula is C22H23NO8. The number of aromatic hydroxyl groups is 2. The molecule has 0 unspecified atom stereocenters. The molecular weight excluding hydrogens is 406 g/mol. The molecule has 4 atom stereocenters. The number of ether oxygens (including phenoxy) is 3. The second-order valence-electron chi connectivity index (χ2n) is 7.67. The molecule has 9 nitrogen and oxygen atoms in total. The fraction of sp³-hybridized carbons (Fsp3) is 0.364. The SMILES string of the molecule is COc1cccc2c1C(=O)c1c(O)c(CO[C@H]3C[C@@H](N)[C@@H](O)[C@H](C)O3)cc(O)c1C2=O. The number of hydrogen-bond donors (Lipinski definition) is 4. The van der Waals surface area contributed by atoms with Crippen LogP contribution in [0, 0.1) is 0 Å². The average Bonchev–Trinajstić information content (AvgIpc) is 2.75. The van der Waals surface area contributed by atoms with Gasteiger partial charge in [0.1, 0.15) is 17.2 Å². The van der Waals surface area contributed by atoms with Crippen molar-refractivity contribution in [1.29, 1.82) is 0 Å². The lowest BCUT2D eigenvalue weighted by Gasteiger charge is -2.36. The van der Waals surface area contributed by atoms with Crippen molar-refractivity contribution in [2.75, 3.05) is 7.11 Å². The number of carbonyl (C=O) groups is 2. The first kappa shape index (κ1) is 21.3. The van der Waals surface area contributed by atoms with Crippen LogP contribution in [0.1, 0.15) is 50.8 Å². The first-order valence-corrected chi connectivity index (χ1v) is 9.79. The molecule has 1 aliphatic heterocycles. The Labute approximate surface area is 178 Å². The first-order chi connectivity index (χ1) is 14.7. The van der Waals surface area contributed by atoms with Crippen LogP contribution in [-0.4, -0.2) is 58.5 Å². The largest absolute Gasteiger partial charge is 0.507 e. The van der Waals surface area contributed by atoms with Gasteiger partial charge < -0.3 is 35.3 Å². The van der Waals surface area contributed by atoms with Crippen LogP contribution in [0.4, 0.5) is 0 Å². The van der Waals surface area contributed by atoms with E-state index >= 15 is 0 Å². The lowest BCUT2D eigenvalue weighted by molar-refractivity contribution is -0.226. The van der Waals surface area contributed by atoms with E-state index in [-0.39, 0.29) is 46.6 Å². The zero-order valence-electron chi connectivity index (χ0n) is 17.0. The number of rotatable bonds is 4. The van der Waals surface area contributed by atoms with Gasteiger partial charge in [0, 0.05) is 23.6 Å². The number of benzene rings is 2. The van der Waals surface area contributed by atoms with Gasteiger partial charge in [-0.1, -0.05) is 12.1 Å². The van der Waals surface area contributed by atoms with E-state index in [0.717, 1.165) is 0 Å². The molecule has 31 heavy (non-hydrogen) atoms. The van der Waals surface area contributed by atoms with Crippen LogP contribution >= 0.6 is 0 Å². The Bertz CT molecular complexity index is 1050. The Hall–Kier alpha value is -2.98. The fourth-order valence-electron chi connectivity index (χ4n) is 4.03. The lowest BCUT2D eigenvalue weighted by atomic mass is 9.81. The Balaban J connectivity index is 1.67. The van der Waals surface area contributed by atoms with Gasteiger partial charge in [-0.05, 0) is 19.1 Å². The summed E-state index contributed by atoms with van der Waals surface area (Å²) in [6.45, 7) is 1.45. The number of aliphatic hydroxyl groups is 1. The van der Waals surface area contributed by atoms with Gasteiger partial charge in [0.25, 0.3) is 0 Å². The summed E-state index contributed by atoms with van der Waals surface area (Å²) in [5.74, 6) is -1.93. The van der Waals surface area contributed by atoms with Crippen LogP contribution in [0.15, 0.2) is 24.3 Å². The van der Waals surface area contributed by atoms with Gasteiger partial charge in [-0.2, -0.15) is 0 Å². The van der Waals surface area contributed by atoms with E-state index in [9.17, 15) is 24.9 Å². The highest BCUT2D eigenvalue weighted by Crippen LogP contribution is 2.42. The Morgan fingerprint density at radius 2 is 1.90 bits per heavy atom. The number of phenols is 2. The van der Waals surface area contributed by atoms with E-state index in [0.29, 0.717) is 0 Å². The number of hydrogen-bond acceptors (Lipinski definition) is 9. The van der Waals surface area contributed by atoms with Crippen molar-refractivity contribution in [1.82, 2.24) is 0 Å². The van der Waals surface area contributed by atoms with Crippen molar-refractivity contribution < 1.29 is 39.1 Å². The van der Waals surface area contributed by atoms with E-state index in [2.05, 4.69) is 0 Å². The molecule has 9 heteroatoms. The third-order valence-electron chi connectivity index (χ3n) is 5.71. The zero-order valence-corrected chi connectivity index (χ0v) is 17.0. The van der Waals surface area contributed by atoms with Crippen molar-refractivity contribution >= 4 is 11.6 Å². The van der Waals surface area contributed by atoms with Crippen LogP contribution in [0.3, 0.4) is 0 Å². The van der Waals surface area contributed by atoms with Gasteiger partial charge in [0.05, 0.1) is 42.6 Å². The number of phenolic OH excluding ortho intramolecular Hbond substituents is 2. The maximum Gasteiger partial charge on any atom is 0.202 e. The molecule has 1 saturated heterocycles. The monoisotopic (exact) mass is 429 g/mol. The van der Waals surface area contributed by atoms with Crippen LogP contribution in [0.5, 0.6) is 17.2 Å². The number of ketones is 2. The van der Waals surface area contributed by atoms with E-state index in [1.807, 2.05) is 0 Å². The van der Waals surface area contributed by atoms with E-state index < -0.39 is 47.6 Å². The van der Waals surface area contributed by atoms with Gasteiger partial charge in [0.2, 0.25) is 5.78 Å². The van der Waals surface area contributed by atoms with Crippen molar-refractivity contribution in [2.24, 2.45) is 5.73 Å². The summed E-state index contributed by atoms with van der Waals surface area (Å²) in [7, 11) is 1.37. The van der Waals surface area contributed by atoms with Crippen molar-refractivity contribution in [3.05, 3.63) is 52.1 Å². The lowest BCUT2D eigenvalue weighted by Crippen LogP contribution is -2.51. The summed E-state index contributed by atoms with van der Waals surface area (Å²) in [5.41, 5.74) is 5.54. The Morgan fingerprint density at radius 1 is 1.16 bits per heavy atom. The first-order valence-electron chi connectivity index (χ1n) is 9.79. The third-order valence-corrected chi connectivity index (χ3v) is 5.71. The summed E-state index contributed by atoms with van der Waals surface area (Å²) in [5, 5.41) is 31.2. The Morgan fingerprint density at radius 3 is 2.58 bits per heavy atom. The van der Waals surface area contributed by atoms with Crippen molar-refractivity contribution in [3.8, 4) is 17.2 Å². The molecule has 164 valence electrons. The summed E-state index contributed by atoms with van der Waals surface area (Å²) >= 11 is 0. The Kier molecular flexibility index (Phi) is 5.44. The molecule has 0 aromatic heterocycles. The second kappa shape index (κ2) is 7.93. The predicted octanol–water partition coefficient (Wildman–Crippen LogP) is 1.22. The second-order valence-corrected chi connectivity index (χ2v) is 7.67. The van der Waals surface area contributed by atoms with Gasteiger partial charge in [-0.3, -0.25) is 9.59 Å². The highest BCUT2D eigenvalue weighted by molar-refractivity contribution is 6.31. The molecule has 0 radical (unpaired) electrons. The molecule has 2 aromatic rings. The minimum Gasteiger partial charge on any atom is -0.507 e. The van der Waals surface area contributed by atoms with Gasteiger partial charge >= 0.3 is 0 Å². The molecule has 0 spiro atoms. The smallest absolute Gasteiger partial charge is 0.202 e. The topological polar surface area (TPSA) is 149 Å². The maximum absolute atomic E-state index is 13.2. The van der Waals surface area contributed by atoms with Gasteiger partial charge in [-0.15, -0.1) is 0 Å². The van der Waals surface area contributed by atoms with Crippen molar-refractivity contribution in [2.45, 2.75) is 44.5 Å². The summed E-state index contributed by atoms with van der Waals surface area (Å²) in [6, 6.07) is 5.22. The standard InChI is InChI=1S/C22H23NO8/c1-9-19(25)12(23)7-15(31-9)30-8-10-6-13(24)17-18(20(10)26)22(28)16-11(21(17)27)4-3-5-14(16)29-2/h3-6,9,12,15,19,24-26H,7-8,23H2,1-2H3/t9-,12+,15+,19-/m0/s1. The number of nitrogens with two attached hydrogens (primary N) is 1. The van der Waals surface area contributed by atoms with Crippen LogP contribution in [0.25, 0.3) is 0 Å². The van der Waals surface area contributed by atoms with E-state index in [1.54, 1.807) is 13.0 Å². The molecule has 1 fully saturated rings. The average molecular weight is 429 g/mol. The molecule has 0 saturated carbocycles. The molecule has 0 amide bonds. The molecule has 4 rings (SSSR count). The van der Waals surface area contributed by atoms with Gasteiger partial charge in [0.15, 0.2) is 12.1 Å². The van der Waals surface area contributed by atoms with E-state index in [4.69, 9.17) is 19.9 Å². The number of aliphatic hydroxyl groups excluding tert-OH is 1. The van der Waals surface area contributed by atoms with Crippen LogP contribution < -0.4 is 10.5 Å². The van der Waals surface area contributed by atoms with Crippen LogP contribution in [-0.2, 0) is 16.1 Å². The summed E-state index contributed by atoms with van der Waals surface area (Å²) < 4.78 is 16.4. The normalized spacial score (nSPS) is 25.2. The number of fused-ring (bicyclic) bond motifs is 2. The third kappa shape index (κ3) is 3.45. The highest BCUT2D eigenvalue weighted by atomic mass is 16.7. The highest BCUT2D eigenvalue weighted by Gasteiger charge is 2.38. The summed E-state index contributed by atoms with van der Waals surface area (Å²) in [4.78, 5) is 26.1. The van der Waals surface area contributed by atoms with Gasteiger partial charge in [-0.25, -0.2) is 0 Å². The van der Waals surface area contributed by atoms with Crippen molar-refractivity contribution in [3.63, 3.8) is 0 Å². The minimum absolute atomic E-state index is 0.0275. The zero-order chi connectivity index (χ0) is 22.4. The molecule has 2 aromatic carbocycles. The molecule has 1 heterocycles. The number of methoxy groups -OCH3 is 1. The van der Waals surface area contributed by atoms with Crippen LogP contribution in [0.2, 0.25) is 0 Å². The molecule has 5 N–H and O–H groups in total. The number of carbonyl (C=O) groups excluding carboxylic acids is 2.